The van der Waals surface area contributed by atoms with Crippen molar-refractivity contribution in [2.45, 2.75) is 26.3 Å². The number of aliphatic hydroxyl groups excluding tert-OH is 1. The van der Waals surface area contributed by atoms with Gasteiger partial charge >= 0.3 is 0 Å². The molecule has 1 unspecified atom stereocenters. The summed E-state index contributed by atoms with van der Waals surface area (Å²) < 4.78 is 21.1. The van der Waals surface area contributed by atoms with E-state index in [1.807, 2.05) is 18.2 Å². The molecule has 8 heteroatoms. The van der Waals surface area contributed by atoms with E-state index in [2.05, 4.69) is 10.3 Å². The van der Waals surface area contributed by atoms with Gasteiger partial charge in [-0.05, 0) is 26.0 Å². The number of nitrogens with zero attached hydrogens (tertiary/aromatic N) is 3. The van der Waals surface area contributed by atoms with Gasteiger partial charge in [0.1, 0.15) is 11.6 Å². The van der Waals surface area contributed by atoms with Gasteiger partial charge in [0.2, 0.25) is 0 Å². The summed E-state index contributed by atoms with van der Waals surface area (Å²) in [4.78, 5) is 19.0. The summed E-state index contributed by atoms with van der Waals surface area (Å²) in [6.45, 7) is 4.50. The van der Waals surface area contributed by atoms with E-state index in [4.69, 9.17) is 4.74 Å². The number of hydrogen-bond donors (Lipinski definition) is 2. The van der Waals surface area contributed by atoms with Gasteiger partial charge in [0.05, 0.1) is 36.2 Å². The van der Waals surface area contributed by atoms with E-state index in [0.717, 1.165) is 28.3 Å². The van der Waals surface area contributed by atoms with E-state index in [0.29, 0.717) is 24.3 Å². The lowest BCUT2D eigenvalue weighted by Crippen LogP contribution is -2.30. The van der Waals surface area contributed by atoms with Crippen LogP contribution >= 0.6 is 0 Å². The Morgan fingerprint density at radius 1 is 1.40 bits per heavy atom. The fraction of sp³-hybridized carbons (Fsp3) is 0.364. The Morgan fingerprint density at radius 2 is 2.20 bits per heavy atom. The van der Waals surface area contributed by atoms with Crippen LogP contribution in [0.1, 0.15) is 39.8 Å². The Hall–Kier alpha value is -3.13. The predicted octanol–water partition coefficient (Wildman–Crippen LogP) is 3.09. The SMILES string of the molecule is Cc1nc2c(NC3CCOc4cc(F)ccc43)cc(C(=O)N(C)CCO)cn2c1C. The van der Waals surface area contributed by atoms with E-state index in [-0.39, 0.29) is 30.9 Å². The predicted molar refractivity (Wildman–Crippen MR) is 112 cm³/mol. The van der Waals surface area contributed by atoms with Gasteiger partial charge in [0, 0.05) is 43.5 Å². The molecule has 0 radical (unpaired) electrons. The third-order valence-corrected chi connectivity index (χ3v) is 5.57. The van der Waals surface area contributed by atoms with Crippen LogP contribution in [0.5, 0.6) is 5.75 Å². The maximum Gasteiger partial charge on any atom is 0.255 e. The number of anilines is 1. The summed E-state index contributed by atoms with van der Waals surface area (Å²) in [6.07, 6.45) is 2.48. The zero-order chi connectivity index (χ0) is 21.4. The van der Waals surface area contributed by atoms with Crippen molar-refractivity contribution < 1.29 is 19.0 Å². The first-order valence-corrected chi connectivity index (χ1v) is 9.93. The van der Waals surface area contributed by atoms with Gasteiger partial charge in [-0.2, -0.15) is 0 Å². The zero-order valence-electron chi connectivity index (χ0n) is 17.3. The number of pyridine rings is 1. The Bertz CT molecular complexity index is 1110. The van der Waals surface area contributed by atoms with Gasteiger partial charge in [-0.25, -0.2) is 9.37 Å². The van der Waals surface area contributed by atoms with Gasteiger partial charge in [-0.1, -0.05) is 6.07 Å². The van der Waals surface area contributed by atoms with Crippen LogP contribution < -0.4 is 10.1 Å². The molecule has 0 fully saturated rings. The zero-order valence-corrected chi connectivity index (χ0v) is 17.3. The minimum atomic E-state index is -0.337. The first-order chi connectivity index (χ1) is 14.4. The molecule has 158 valence electrons. The van der Waals surface area contributed by atoms with Gasteiger partial charge in [0.15, 0.2) is 5.65 Å². The van der Waals surface area contributed by atoms with E-state index < -0.39 is 0 Å². The van der Waals surface area contributed by atoms with Crippen LogP contribution in [0.15, 0.2) is 30.5 Å². The van der Waals surface area contributed by atoms with Crippen molar-refractivity contribution in [2.24, 2.45) is 0 Å². The standard InChI is InChI=1S/C22H25FN4O3/c1-13-14(2)27-12-15(22(29)26(3)7-8-28)10-19(21(27)24-13)25-18-6-9-30-20-11-16(23)4-5-17(18)20/h4-5,10-12,18,25,28H,6-9H2,1-3H3. The Morgan fingerprint density at radius 3 is 2.97 bits per heavy atom. The number of fused-ring (bicyclic) bond motifs is 2. The number of carbonyl (C=O) groups is 1. The molecule has 1 aromatic carbocycles. The lowest BCUT2D eigenvalue weighted by molar-refractivity contribution is 0.0766. The summed E-state index contributed by atoms with van der Waals surface area (Å²) >= 11 is 0. The molecule has 2 aromatic heterocycles. The summed E-state index contributed by atoms with van der Waals surface area (Å²) in [5.41, 5.74) is 4.63. The van der Waals surface area contributed by atoms with Crippen molar-refractivity contribution in [1.82, 2.24) is 14.3 Å². The Kier molecular flexibility index (Phi) is 5.34. The van der Waals surface area contributed by atoms with E-state index in [1.54, 1.807) is 25.4 Å². The van der Waals surface area contributed by atoms with E-state index in [9.17, 15) is 14.3 Å². The summed E-state index contributed by atoms with van der Waals surface area (Å²) in [7, 11) is 1.66. The maximum atomic E-state index is 13.6. The fourth-order valence-corrected chi connectivity index (χ4v) is 3.77. The molecule has 7 nitrogen and oxygen atoms in total. The Labute approximate surface area is 174 Å². The van der Waals surface area contributed by atoms with Gasteiger partial charge in [0.25, 0.3) is 5.91 Å². The van der Waals surface area contributed by atoms with Crippen LogP contribution in [-0.4, -0.2) is 52.1 Å². The number of nitrogens with one attached hydrogen (secondary N) is 1. The Balaban J connectivity index is 1.77. The normalized spacial score (nSPS) is 15.6. The van der Waals surface area contributed by atoms with Crippen LogP contribution in [0.2, 0.25) is 0 Å². The van der Waals surface area contributed by atoms with Crippen molar-refractivity contribution in [2.75, 3.05) is 32.1 Å². The molecule has 1 aliphatic rings. The topological polar surface area (TPSA) is 79.1 Å². The largest absolute Gasteiger partial charge is 0.493 e. The molecule has 0 saturated carbocycles. The van der Waals surface area contributed by atoms with Crippen LogP contribution in [-0.2, 0) is 0 Å². The molecule has 2 N–H and O–H groups in total. The third-order valence-electron chi connectivity index (χ3n) is 5.57. The van der Waals surface area contributed by atoms with Crippen molar-refractivity contribution in [1.29, 1.82) is 0 Å². The maximum absolute atomic E-state index is 13.6. The molecule has 0 bridgehead atoms. The molecule has 30 heavy (non-hydrogen) atoms. The fourth-order valence-electron chi connectivity index (χ4n) is 3.77. The molecule has 0 spiro atoms. The lowest BCUT2D eigenvalue weighted by atomic mass is 10.00. The molecule has 1 atom stereocenters. The highest BCUT2D eigenvalue weighted by Crippen LogP contribution is 2.36. The highest BCUT2D eigenvalue weighted by atomic mass is 19.1. The van der Waals surface area contributed by atoms with Crippen LogP contribution in [0.25, 0.3) is 5.65 Å². The van der Waals surface area contributed by atoms with Crippen molar-refractivity contribution >= 4 is 17.2 Å². The lowest BCUT2D eigenvalue weighted by Gasteiger charge is -2.28. The van der Waals surface area contributed by atoms with E-state index in [1.165, 1.54) is 17.0 Å². The van der Waals surface area contributed by atoms with Crippen LogP contribution in [0, 0.1) is 19.7 Å². The molecule has 3 aromatic rings. The minimum absolute atomic E-state index is 0.101. The minimum Gasteiger partial charge on any atom is -0.493 e. The number of imidazole rings is 1. The van der Waals surface area contributed by atoms with Gasteiger partial charge < -0.3 is 24.5 Å². The average Bonchev–Trinajstić information content (AvgIpc) is 3.02. The number of benzene rings is 1. The third kappa shape index (κ3) is 3.59. The number of hydrogen-bond acceptors (Lipinski definition) is 5. The number of halogens is 1. The second kappa shape index (κ2) is 7.95. The molecular weight excluding hydrogens is 387 g/mol. The smallest absolute Gasteiger partial charge is 0.255 e. The monoisotopic (exact) mass is 412 g/mol. The number of rotatable bonds is 5. The average molecular weight is 412 g/mol. The van der Waals surface area contributed by atoms with Gasteiger partial charge in [-0.15, -0.1) is 0 Å². The second-order valence-corrected chi connectivity index (χ2v) is 7.59. The number of likely N-dealkylation sites (N-methyl/N-ethyl adjacent to an activating group) is 1. The summed E-state index contributed by atoms with van der Waals surface area (Å²) in [6, 6.07) is 6.23. The molecule has 1 aliphatic heterocycles. The van der Waals surface area contributed by atoms with E-state index >= 15 is 0 Å². The molecule has 0 saturated heterocycles. The van der Waals surface area contributed by atoms with Crippen LogP contribution in [0.4, 0.5) is 10.1 Å². The van der Waals surface area contributed by atoms with Crippen molar-refractivity contribution in [3.63, 3.8) is 0 Å². The highest BCUT2D eigenvalue weighted by molar-refractivity contribution is 5.96. The van der Waals surface area contributed by atoms with Crippen LogP contribution in [0.3, 0.4) is 0 Å². The summed E-state index contributed by atoms with van der Waals surface area (Å²) in [5, 5.41) is 12.7. The second-order valence-electron chi connectivity index (χ2n) is 7.59. The molecule has 3 heterocycles. The number of carbonyl (C=O) groups excluding carboxylic acids is 1. The summed E-state index contributed by atoms with van der Waals surface area (Å²) in [5.74, 6) is 0.00500. The molecule has 1 amide bonds. The number of aliphatic hydroxyl groups is 1. The van der Waals surface area contributed by atoms with Gasteiger partial charge in [-0.3, -0.25) is 4.79 Å². The number of aromatic nitrogens is 2. The molecular formula is C22H25FN4O3. The quantitative estimate of drug-likeness (QED) is 0.673. The molecule has 0 aliphatic carbocycles. The number of aryl methyl sites for hydroxylation is 2. The molecule has 4 rings (SSSR count). The number of amides is 1. The highest BCUT2D eigenvalue weighted by Gasteiger charge is 2.24. The van der Waals surface area contributed by atoms with Crippen molar-refractivity contribution in [3.8, 4) is 5.75 Å². The first kappa shape index (κ1) is 20.2. The number of ether oxygens (including phenoxy) is 1. The first-order valence-electron chi connectivity index (χ1n) is 9.93. The van der Waals surface area contributed by atoms with Crippen molar-refractivity contribution in [3.05, 3.63) is 58.8 Å².